The van der Waals surface area contributed by atoms with Gasteiger partial charge in [0, 0.05) is 0 Å². The molecule has 0 aliphatic heterocycles. The summed E-state index contributed by atoms with van der Waals surface area (Å²) in [7, 11) is 0. The molecule has 110 valence electrons. The summed E-state index contributed by atoms with van der Waals surface area (Å²) in [6, 6.07) is 1.59. The highest BCUT2D eigenvalue weighted by molar-refractivity contribution is 5.33. The van der Waals surface area contributed by atoms with Gasteiger partial charge in [0.15, 0.2) is 0 Å². The molecule has 1 rings (SSSR count). The molecule has 7 heteroatoms. The first-order valence-electron chi connectivity index (χ1n) is 5.54. The van der Waals surface area contributed by atoms with Crippen LogP contribution in [-0.4, -0.2) is 6.54 Å². The summed E-state index contributed by atoms with van der Waals surface area (Å²) in [4.78, 5) is 0. The van der Waals surface area contributed by atoms with Gasteiger partial charge in [0.1, 0.15) is 0 Å². The fourth-order valence-corrected chi connectivity index (χ4v) is 1.22. The average Bonchev–Trinajstić information content (AvgIpc) is 2.27. The minimum absolute atomic E-state index is 0.0159. The van der Waals surface area contributed by atoms with Crippen LogP contribution in [0.1, 0.15) is 30.5 Å². The van der Waals surface area contributed by atoms with Gasteiger partial charge in [-0.1, -0.05) is 13.8 Å². The molecular weight excluding hydrogens is 272 g/mol. The topological polar surface area (TPSA) is 26.0 Å². The van der Waals surface area contributed by atoms with E-state index in [4.69, 9.17) is 5.73 Å². The Kier molecular flexibility index (Phi) is 6.35. The van der Waals surface area contributed by atoms with Crippen LogP contribution in [0.3, 0.4) is 0 Å². The van der Waals surface area contributed by atoms with Crippen molar-refractivity contribution in [3.05, 3.63) is 34.9 Å². The summed E-state index contributed by atoms with van der Waals surface area (Å²) in [6.07, 6.45) is -9.40. The Bertz CT molecular complexity index is 362. The Balaban J connectivity index is 0.000000982. The van der Waals surface area contributed by atoms with Crippen LogP contribution in [0.25, 0.3) is 0 Å². The molecule has 2 N–H and O–H groups in total. The minimum atomic E-state index is -4.76. The molecule has 19 heavy (non-hydrogen) atoms. The van der Waals surface area contributed by atoms with Crippen molar-refractivity contribution in [2.45, 2.75) is 32.6 Å². The highest BCUT2D eigenvalue weighted by Gasteiger charge is 2.36. The molecule has 0 aromatic heterocycles. The van der Waals surface area contributed by atoms with E-state index in [1.165, 1.54) is 6.92 Å². The third kappa shape index (κ3) is 5.96. The smallest absolute Gasteiger partial charge is 0.331 e. The lowest BCUT2D eigenvalue weighted by Gasteiger charge is -2.13. The van der Waals surface area contributed by atoms with Crippen LogP contribution in [0.15, 0.2) is 18.2 Å². The SMILES string of the molecule is CCN.CCc1cc(C(F)(F)F)cc(C(F)(F)F)c1. The first-order valence-corrected chi connectivity index (χ1v) is 5.54. The molecule has 1 nitrogen and oxygen atoms in total. The van der Waals surface area contributed by atoms with Crippen LogP contribution in [0.4, 0.5) is 26.3 Å². The Morgan fingerprint density at radius 2 is 1.16 bits per heavy atom. The number of hydrogen-bond donors (Lipinski definition) is 1. The lowest BCUT2D eigenvalue weighted by molar-refractivity contribution is -0.143. The van der Waals surface area contributed by atoms with Crippen molar-refractivity contribution in [2.75, 3.05) is 6.54 Å². The normalized spacial score (nSPS) is 11.8. The third-order valence-corrected chi connectivity index (χ3v) is 2.06. The van der Waals surface area contributed by atoms with Gasteiger partial charge < -0.3 is 5.73 Å². The lowest BCUT2D eigenvalue weighted by atomic mass is 10.0. The van der Waals surface area contributed by atoms with Crippen molar-refractivity contribution in [3.63, 3.8) is 0 Å². The van der Waals surface area contributed by atoms with Crippen LogP contribution < -0.4 is 5.73 Å². The first-order chi connectivity index (χ1) is 8.56. The molecule has 0 fully saturated rings. The number of halogens is 6. The van der Waals surface area contributed by atoms with E-state index >= 15 is 0 Å². The van der Waals surface area contributed by atoms with Gasteiger partial charge in [-0.15, -0.1) is 0 Å². The van der Waals surface area contributed by atoms with E-state index in [1.807, 2.05) is 6.92 Å². The van der Waals surface area contributed by atoms with Crippen molar-refractivity contribution in [2.24, 2.45) is 5.73 Å². The summed E-state index contributed by atoms with van der Waals surface area (Å²) in [5, 5.41) is 0. The molecule has 0 bridgehead atoms. The van der Waals surface area contributed by atoms with Crippen molar-refractivity contribution >= 4 is 0 Å². The van der Waals surface area contributed by atoms with E-state index in [0.29, 0.717) is 0 Å². The number of rotatable bonds is 1. The second-order valence-corrected chi connectivity index (χ2v) is 3.68. The van der Waals surface area contributed by atoms with Crippen molar-refractivity contribution < 1.29 is 26.3 Å². The predicted molar refractivity (Wildman–Crippen MR) is 60.6 cm³/mol. The fraction of sp³-hybridized carbons (Fsp3) is 0.500. The van der Waals surface area contributed by atoms with E-state index < -0.39 is 23.5 Å². The molecule has 0 amide bonds. The zero-order chi connectivity index (χ0) is 15.3. The molecule has 1 aromatic carbocycles. The van der Waals surface area contributed by atoms with Crippen LogP contribution in [0, 0.1) is 0 Å². The molecule has 0 saturated carbocycles. The molecule has 0 radical (unpaired) electrons. The molecule has 0 spiro atoms. The second-order valence-electron chi connectivity index (χ2n) is 3.68. The lowest BCUT2D eigenvalue weighted by Crippen LogP contribution is -2.11. The van der Waals surface area contributed by atoms with Gasteiger partial charge >= 0.3 is 12.4 Å². The minimum Gasteiger partial charge on any atom is -0.331 e. The number of benzene rings is 1. The summed E-state index contributed by atoms with van der Waals surface area (Å²) < 4.78 is 73.8. The van der Waals surface area contributed by atoms with Crippen LogP contribution in [0.2, 0.25) is 0 Å². The number of alkyl halides is 6. The Labute approximate surface area is 107 Å². The Morgan fingerprint density at radius 1 is 0.842 bits per heavy atom. The van der Waals surface area contributed by atoms with E-state index in [2.05, 4.69) is 0 Å². The highest BCUT2D eigenvalue weighted by Crippen LogP contribution is 2.36. The second kappa shape index (κ2) is 6.79. The molecule has 0 saturated heterocycles. The van der Waals surface area contributed by atoms with Gasteiger partial charge in [0.25, 0.3) is 0 Å². The zero-order valence-corrected chi connectivity index (χ0v) is 10.5. The van der Waals surface area contributed by atoms with E-state index in [0.717, 1.165) is 18.7 Å². The monoisotopic (exact) mass is 287 g/mol. The van der Waals surface area contributed by atoms with Crippen molar-refractivity contribution in [3.8, 4) is 0 Å². The number of hydrogen-bond acceptors (Lipinski definition) is 1. The standard InChI is InChI=1S/C10H8F6.C2H7N/c1-2-6-3-7(9(11,12)13)5-8(4-6)10(14,15)16;1-2-3/h3-5H,2H2,1H3;2-3H2,1H3. The summed E-state index contributed by atoms with van der Waals surface area (Å²) in [6.45, 7) is 4.15. The first kappa shape index (κ1) is 17.8. The molecule has 0 aliphatic carbocycles. The molecule has 0 atom stereocenters. The molecule has 0 unspecified atom stereocenters. The highest BCUT2D eigenvalue weighted by atomic mass is 19.4. The van der Waals surface area contributed by atoms with Crippen LogP contribution >= 0.6 is 0 Å². The van der Waals surface area contributed by atoms with Gasteiger partial charge in [-0.2, -0.15) is 26.3 Å². The maximum Gasteiger partial charge on any atom is 0.416 e. The van der Waals surface area contributed by atoms with E-state index in [-0.39, 0.29) is 18.1 Å². The van der Waals surface area contributed by atoms with Crippen molar-refractivity contribution in [1.29, 1.82) is 0 Å². The third-order valence-electron chi connectivity index (χ3n) is 2.06. The van der Waals surface area contributed by atoms with Gasteiger partial charge in [0.05, 0.1) is 11.1 Å². The fourth-order valence-electron chi connectivity index (χ4n) is 1.22. The summed E-state index contributed by atoms with van der Waals surface area (Å²) >= 11 is 0. The maximum atomic E-state index is 12.3. The van der Waals surface area contributed by atoms with Gasteiger partial charge in [-0.05, 0) is 36.7 Å². The van der Waals surface area contributed by atoms with Crippen LogP contribution in [0.5, 0.6) is 0 Å². The largest absolute Gasteiger partial charge is 0.416 e. The molecule has 0 heterocycles. The Hall–Kier alpha value is -1.24. The average molecular weight is 287 g/mol. The van der Waals surface area contributed by atoms with Gasteiger partial charge in [-0.3, -0.25) is 0 Å². The number of aryl methyl sites for hydroxylation is 1. The van der Waals surface area contributed by atoms with E-state index in [9.17, 15) is 26.3 Å². The van der Waals surface area contributed by atoms with Crippen molar-refractivity contribution in [1.82, 2.24) is 0 Å². The predicted octanol–water partition coefficient (Wildman–Crippen LogP) is 4.25. The zero-order valence-electron chi connectivity index (χ0n) is 10.5. The summed E-state index contributed by atoms with van der Waals surface area (Å²) in [5.41, 5.74) is 2.33. The van der Waals surface area contributed by atoms with E-state index in [1.54, 1.807) is 0 Å². The van der Waals surface area contributed by atoms with Gasteiger partial charge in [-0.25, -0.2) is 0 Å². The quantitative estimate of drug-likeness (QED) is 0.768. The molecule has 0 aliphatic rings. The Morgan fingerprint density at radius 3 is 1.37 bits per heavy atom. The van der Waals surface area contributed by atoms with Crippen LogP contribution in [-0.2, 0) is 18.8 Å². The summed E-state index contributed by atoms with van der Waals surface area (Å²) in [5.74, 6) is 0. The molecular formula is C12H15F6N. The maximum absolute atomic E-state index is 12.3. The molecule has 1 aromatic rings. The van der Waals surface area contributed by atoms with Gasteiger partial charge in [0.2, 0.25) is 0 Å². The number of nitrogens with two attached hydrogens (primary N) is 1.